The van der Waals surface area contributed by atoms with Crippen molar-refractivity contribution >= 4 is 23.4 Å². The third-order valence-electron chi connectivity index (χ3n) is 2.00. The van der Waals surface area contributed by atoms with E-state index in [0.717, 1.165) is 12.8 Å². The van der Waals surface area contributed by atoms with Gasteiger partial charge in [-0.25, -0.2) is 10.8 Å². The van der Waals surface area contributed by atoms with Crippen molar-refractivity contribution in [1.29, 1.82) is 0 Å². The summed E-state index contributed by atoms with van der Waals surface area (Å²) in [6, 6.07) is 0. The Morgan fingerprint density at radius 3 is 3.00 bits per heavy atom. The van der Waals surface area contributed by atoms with Gasteiger partial charge in [-0.05, 0) is 6.42 Å². The number of aromatic nitrogens is 2. The van der Waals surface area contributed by atoms with E-state index in [-0.39, 0.29) is 5.95 Å². The van der Waals surface area contributed by atoms with E-state index >= 15 is 0 Å². The average molecular weight is 246 g/mol. The second kappa shape index (κ2) is 6.47. The maximum Gasteiger partial charge on any atom is 0.239 e. The minimum absolute atomic E-state index is 0.275. The predicted molar refractivity (Wildman–Crippen MR) is 64.3 cm³/mol. The van der Waals surface area contributed by atoms with Gasteiger partial charge in [0.15, 0.2) is 5.82 Å². The summed E-state index contributed by atoms with van der Waals surface area (Å²) >= 11 is 5.88. The molecule has 1 rings (SSSR count). The van der Waals surface area contributed by atoms with Gasteiger partial charge in [-0.3, -0.25) is 5.43 Å². The summed E-state index contributed by atoms with van der Waals surface area (Å²) in [7, 11) is 0. The Labute approximate surface area is 99.2 Å². The first kappa shape index (κ1) is 13.0. The van der Waals surface area contributed by atoms with Crippen LogP contribution in [-0.2, 0) is 0 Å². The van der Waals surface area contributed by atoms with E-state index < -0.39 is 6.10 Å². The molecule has 1 aromatic heterocycles. The maximum atomic E-state index is 9.54. The SMILES string of the molecule is CCCC(O)CNc1nc(NN)ncc1Cl. The van der Waals surface area contributed by atoms with E-state index in [9.17, 15) is 5.11 Å². The zero-order chi connectivity index (χ0) is 12.0. The molecule has 0 aliphatic rings. The highest BCUT2D eigenvalue weighted by molar-refractivity contribution is 6.32. The summed E-state index contributed by atoms with van der Waals surface area (Å²) in [5, 5.41) is 12.9. The number of aliphatic hydroxyl groups is 1. The first-order valence-corrected chi connectivity index (χ1v) is 5.46. The lowest BCUT2D eigenvalue weighted by atomic mass is 10.2. The Morgan fingerprint density at radius 1 is 1.62 bits per heavy atom. The lowest BCUT2D eigenvalue weighted by Crippen LogP contribution is -2.20. The Balaban J connectivity index is 2.58. The van der Waals surface area contributed by atoms with Crippen molar-refractivity contribution < 1.29 is 5.11 Å². The number of hydrazine groups is 1. The van der Waals surface area contributed by atoms with Crippen LogP contribution < -0.4 is 16.6 Å². The van der Waals surface area contributed by atoms with E-state index in [4.69, 9.17) is 17.4 Å². The van der Waals surface area contributed by atoms with E-state index in [2.05, 4.69) is 20.7 Å². The van der Waals surface area contributed by atoms with Gasteiger partial charge in [-0.2, -0.15) is 4.98 Å². The fourth-order valence-electron chi connectivity index (χ4n) is 1.21. The summed E-state index contributed by atoms with van der Waals surface area (Å²) < 4.78 is 0. The molecule has 0 aliphatic carbocycles. The van der Waals surface area contributed by atoms with Gasteiger partial charge in [0.2, 0.25) is 5.95 Å². The zero-order valence-electron chi connectivity index (χ0n) is 9.07. The molecule has 1 unspecified atom stereocenters. The summed E-state index contributed by atoms with van der Waals surface area (Å²) in [6.45, 7) is 2.41. The first-order chi connectivity index (χ1) is 7.67. The van der Waals surface area contributed by atoms with Crippen LogP contribution in [0.2, 0.25) is 5.02 Å². The minimum Gasteiger partial charge on any atom is -0.391 e. The molecule has 16 heavy (non-hydrogen) atoms. The molecule has 1 aromatic rings. The molecule has 1 heterocycles. The van der Waals surface area contributed by atoms with Crippen LogP contribution in [0.1, 0.15) is 19.8 Å². The van der Waals surface area contributed by atoms with Crippen molar-refractivity contribution in [2.24, 2.45) is 5.84 Å². The van der Waals surface area contributed by atoms with E-state index in [1.165, 1.54) is 6.20 Å². The number of hydrogen-bond donors (Lipinski definition) is 4. The molecule has 0 radical (unpaired) electrons. The lowest BCUT2D eigenvalue weighted by molar-refractivity contribution is 0.176. The average Bonchev–Trinajstić information content (AvgIpc) is 2.28. The van der Waals surface area contributed by atoms with Crippen LogP contribution in [0.25, 0.3) is 0 Å². The maximum absolute atomic E-state index is 9.54. The van der Waals surface area contributed by atoms with Crippen molar-refractivity contribution in [3.8, 4) is 0 Å². The Hall–Kier alpha value is -1.11. The van der Waals surface area contributed by atoms with Crippen LogP contribution in [0.4, 0.5) is 11.8 Å². The van der Waals surface area contributed by atoms with E-state index in [1.807, 2.05) is 6.92 Å². The van der Waals surface area contributed by atoms with Crippen LogP contribution in [0.15, 0.2) is 6.20 Å². The molecule has 0 aliphatic heterocycles. The molecule has 90 valence electrons. The van der Waals surface area contributed by atoms with Crippen LogP contribution in [0, 0.1) is 0 Å². The number of halogens is 1. The van der Waals surface area contributed by atoms with Gasteiger partial charge >= 0.3 is 0 Å². The standard InChI is InChI=1S/C9H16ClN5O/c1-2-3-6(16)4-12-8-7(10)5-13-9(14-8)15-11/h5-6,16H,2-4,11H2,1H3,(H2,12,13,14,15). The summed E-state index contributed by atoms with van der Waals surface area (Å²) in [6.07, 6.45) is 2.69. The number of nitrogen functional groups attached to an aromatic ring is 1. The normalized spacial score (nSPS) is 12.2. The van der Waals surface area contributed by atoms with Crippen molar-refractivity contribution in [2.75, 3.05) is 17.3 Å². The van der Waals surface area contributed by atoms with Gasteiger partial charge in [0.25, 0.3) is 0 Å². The molecule has 6 nitrogen and oxygen atoms in total. The first-order valence-electron chi connectivity index (χ1n) is 5.08. The van der Waals surface area contributed by atoms with E-state index in [0.29, 0.717) is 17.4 Å². The molecule has 0 bridgehead atoms. The molecule has 0 saturated heterocycles. The Morgan fingerprint density at radius 2 is 2.38 bits per heavy atom. The molecular formula is C9H16ClN5O. The van der Waals surface area contributed by atoms with Crippen LogP contribution >= 0.6 is 11.6 Å². The lowest BCUT2D eigenvalue weighted by Gasteiger charge is -2.12. The minimum atomic E-state index is -0.412. The Bertz CT molecular complexity index is 336. The van der Waals surface area contributed by atoms with Gasteiger partial charge in [0.1, 0.15) is 5.02 Å². The summed E-state index contributed by atoms with van der Waals surface area (Å²) in [5.41, 5.74) is 2.32. The number of nitrogens with zero attached hydrogens (tertiary/aromatic N) is 2. The highest BCUT2D eigenvalue weighted by Crippen LogP contribution is 2.18. The molecule has 7 heteroatoms. The molecule has 0 saturated carbocycles. The smallest absolute Gasteiger partial charge is 0.239 e. The summed E-state index contributed by atoms with van der Waals surface area (Å²) in [4.78, 5) is 7.86. The topological polar surface area (TPSA) is 96.1 Å². The van der Waals surface area contributed by atoms with Crippen molar-refractivity contribution in [3.63, 3.8) is 0 Å². The molecule has 0 fully saturated rings. The molecule has 5 N–H and O–H groups in total. The van der Waals surface area contributed by atoms with Crippen molar-refractivity contribution in [2.45, 2.75) is 25.9 Å². The fraction of sp³-hybridized carbons (Fsp3) is 0.556. The van der Waals surface area contributed by atoms with Crippen LogP contribution in [0.5, 0.6) is 0 Å². The fourth-order valence-corrected chi connectivity index (χ4v) is 1.37. The molecule has 1 atom stereocenters. The molecule has 0 spiro atoms. The highest BCUT2D eigenvalue weighted by Gasteiger charge is 2.07. The monoisotopic (exact) mass is 245 g/mol. The number of hydrogen-bond acceptors (Lipinski definition) is 6. The number of anilines is 2. The van der Waals surface area contributed by atoms with Crippen LogP contribution in [-0.4, -0.2) is 27.7 Å². The van der Waals surface area contributed by atoms with E-state index in [1.54, 1.807) is 0 Å². The predicted octanol–water partition coefficient (Wildman–Crippen LogP) is 0.988. The number of rotatable bonds is 6. The van der Waals surface area contributed by atoms with Crippen LogP contribution in [0.3, 0.4) is 0 Å². The van der Waals surface area contributed by atoms with Crippen molar-refractivity contribution in [3.05, 3.63) is 11.2 Å². The van der Waals surface area contributed by atoms with Gasteiger partial charge in [0, 0.05) is 6.54 Å². The van der Waals surface area contributed by atoms with Gasteiger partial charge in [0.05, 0.1) is 12.3 Å². The summed E-state index contributed by atoms with van der Waals surface area (Å²) in [5.74, 6) is 5.91. The molecule has 0 amide bonds. The van der Waals surface area contributed by atoms with Crippen molar-refractivity contribution in [1.82, 2.24) is 9.97 Å². The largest absolute Gasteiger partial charge is 0.391 e. The number of aliphatic hydroxyl groups excluding tert-OH is 1. The second-order valence-electron chi connectivity index (χ2n) is 3.36. The highest BCUT2D eigenvalue weighted by atomic mass is 35.5. The number of nitrogens with two attached hydrogens (primary N) is 1. The van der Waals surface area contributed by atoms with Gasteiger partial charge < -0.3 is 10.4 Å². The number of nitrogens with one attached hydrogen (secondary N) is 2. The zero-order valence-corrected chi connectivity index (χ0v) is 9.83. The van der Waals surface area contributed by atoms with Gasteiger partial charge in [-0.1, -0.05) is 24.9 Å². The third kappa shape index (κ3) is 3.80. The quantitative estimate of drug-likeness (QED) is 0.441. The molecule has 0 aromatic carbocycles. The third-order valence-corrected chi connectivity index (χ3v) is 2.28. The second-order valence-corrected chi connectivity index (χ2v) is 3.77. The Kier molecular flexibility index (Phi) is 5.24. The molecular weight excluding hydrogens is 230 g/mol. The van der Waals surface area contributed by atoms with Gasteiger partial charge in [-0.15, -0.1) is 0 Å².